The zero-order valence-corrected chi connectivity index (χ0v) is 15.3. The van der Waals surface area contributed by atoms with Crippen LogP contribution in [0.4, 0.5) is 0 Å². The van der Waals surface area contributed by atoms with Gasteiger partial charge in [-0.05, 0) is 71.6 Å². The predicted molar refractivity (Wildman–Crippen MR) is 96.1 cm³/mol. The molecule has 0 spiro atoms. The molecule has 0 amide bonds. The molecule has 0 saturated carbocycles. The van der Waals surface area contributed by atoms with E-state index in [-0.39, 0.29) is 0 Å². The van der Waals surface area contributed by atoms with Gasteiger partial charge in [0.25, 0.3) is 0 Å². The van der Waals surface area contributed by atoms with Crippen molar-refractivity contribution in [1.29, 1.82) is 0 Å². The second-order valence-electron chi connectivity index (χ2n) is 6.14. The highest BCUT2D eigenvalue weighted by atomic mass is 79.9. The van der Waals surface area contributed by atoms with E-state index < -0.39 is 5.97 Å². The smallest absolute Gasteiger partial charge is 0.328 e. The maximum Gasteiger partial charge on any atom is 0.328 e. The van der Waals surface area contributed by atoms with Crippen molar-refractivity contribution in [2.75, 3.05) is 26.2 Å². The molecule has 5 heteroatoms. The van der Waals surface area contributed by atoms with Crippen LogP contribution >= 0.6 is 15.9 Å². The Labute approximate surface area is 146 Å². The van der Waals surface area contributed by atoms with Crippen LogP contribution in [-0.4, -0.2) is 42.2 Å². The fraction of sp³-hybridized carbons (Fsp3) is 0.500. The number of benzene rings is 1. The Morgan fingerprint density at radius 3 is 2.70 bits per heavy atom. The van der Waals surface area contributed by atoms with Crippen LogP contribution < -0.4 is 4.74 Å². The third-order valence-corrected chi connectivity index (χ3v) is 4.61. The summed E-state index contributed by atoms with van der Waals surface area (Å²) in [7, 11) is 0. The zero-order chi connectivity index (χ0) is 16.8. The molecule has 4 nitrogen and oxygen atoms in total. The molecule has 1 saturated heterocycles. The lowest BCUT2D eigenvalue weighted by Crippen LogP contribution is -2.25. The first-order valence-electron chi connectivity index (χ1n) is 8.07. The Bertz CT molecular complexity index is 578. The summed E-state index contributed by atoms with van der Waals surface area (Å²) in [6.45, 7) is 8.01. The van der Waals surface area contributed by atoms with Gasteiger partial charge in [0.05, 0.1) is 4.47 Å². The van der Waals surface area contributed by atoms with Crippen LogP contribution in [0.15, 0.2) is 22.7 Å². The van der Waals surface area contributed by atoms with Crippen LogP contribution in [0.2, 0.25) is 0 Å². The summed E-state index contributed by atoms with van der Waals surface area (Å²) in [5.74, 6) is 0.118. The van der Waals surface area contributed by atoms with Gasteiger partial charge in [-0.3, -0.25) is 4.90 Å². The maximum absolute atomic E-state index is 10.8. The molecule has 0 atom stereocenters. The van der Waals surface area contributed by atoms with Crippen LogP contribution in [0.5, 0.6) is 5.75 Å². The minimum absolute atomic E-state index is 0.363. The number of aliphatic carboxylic acids is 1. The van der Waals surface area contributed by atoms with Crippen molar-refractivity contribution >= 4 is 28.0 Å². The van der Waals surface area contributed by atoms with Crippen molar-refractivity contribution in [1.82, 2.24) is 4.90 Å². The lowest BCUT2D eigenvalue weighted by Gasteiger charge is -2.18. The molecule has 126 valence electrons. The summed E-state index contributed by atoms with van der Waals surface area (Å²) >= 11 is 3.57. The molecular formula is C18H24BrNO3. The van der Waals surface area contributed by atoms with Crippen LogP contribution in [0.25, 0.3) is 6.08 Å². The molecule has 23 heavy (non-hydrogen) atoms. The van der Waals surface area contributed by atoms with Gasteiger partial charge in [-0.25, -0.2) is 4.79 Å². The largest absolute Gasteiger partial charge is 0.490 e. The van der Waals surface area contributed by atoms with E-state index in [1.807, 2.05) is 12.1 Å². The highest BCUT2D eigenvalue weighted by molar-refractivity contribution is 9.10. The summed E-state index contributed by atoms with van der Waals surface area (Å²) in [5, 5.41) is 8.89. The molecule has 0 bridgehead atoms. The average Bonchev–Trinajstić information content (AvgIpc) is 3.00. The fourth-order valence-corrected chi connectivity index (χ4v) is 3.30. The van der Waals surface area contributed by atoms with Crippen molar-refractivity contribution < 1.29 is 14.6 Å². The number of carboxylic acids is 1. The SMILES string of the molecule is CC(C)c1cc(Br)c(OCCN2CCCC2)c(/C=C/C(=O)O)c1. The van der Waals surface area contributed by atoms with E-state index in [2.05, 4.69) is 34.7 Å². The molecule has 1 aromatic rings. The van der Waals surface area contributed by atoms with Crippen LogP contribution in [0.1, 0.15) is 43.7 Å². The lowest BCUT2D eigenvalue weighted by molar-refractivity contribution is -0.131. The number of ether oxygens (including phenoxy) is 1. The summed E-state index contributed by atoms with van der Waals surface area (Å²) < 4.78 is 6.83. The molecule has 0 aliphatic carbocycles. The van der Waals surface area contributed by atoms with Crippen molar-refractivity contribution in [3.63, 3.8) is 0 Å². The first kappa shape index (κ1) is 18.0. The molecular weight excluding hydrogens is 358 g/mol. The quantitative estimate of drug-likeness (QED) is 0.720. The van der Waals surface area contributed by atoms with Crippen molar-refractivity contribution in [3.05, 3.63) is 33.8 Å². The molecule has 1 aliphatic heterocycles. The molecule has 0 unspecified atom stereocenters. The molecule has 1 heterocycles. The van der Waals surface area contributed by atoms with Gasteiger partial charge in [-0.1, -0.05) is 13.8 Å². The second kappa shape index (κ2) is 8.50. The molecule has 0 aromatic heterocycles. The Morgan fingerprint density at radius 2 is 2.09 bits per heavy atom. The maximum atomic E-state index is 10.8. The Hall–Kier alpha value is -1.33. The number of rotatable bonds is 7. The monoisotopic (exact) mass is 381 g/mol. The molecule has 1 fully saturated rings. The van der Waals surface area contributed by atoms with Gasteiger partial charge in [-0.2, -0.15) is 0 Å². The number of carboxylic acid groups (broad SMARTS) is 1. The molecule has 0 radical (unpaired) electrons. The highest BCUT2D eigenvalue weighted by Gasteiger charge is 2.14. The number of halogens is 1. The van der Waals surface area contributed by atoms with E-state index in [0.717, 1.165) is 41.3 Å². The van der Waals surface area contributed by atoms with E-state index in [4.69, 9.17) is 9.84 Å². The van der Waals surface area contributed by atoms with Gasteiger partial charge >= 0.3 is 5.97 Å². The van der Waals surface area contributed by atoms with Gasteiger partial charge in [0.15, 0.2) is 0 Å². The number of nitrogens with zero attached hydrogens (tertiary/aromatic N) is 1. The van der Waals surface area contributed by atoms with Gasteiger partial charge in [0, 0.05) is 18.2 Å². The number of likely N-dealkylation sites (tertiary alicyclic amines) is 1. The zero-order valence-electron chi connectivity index (χ0n) is 13.7. The number of hydrogen-bond acceptors (Lipinski definition) is 3. The van der Waals surface area contributed by atoms with Gasteiger partial charge in [-0.15, -0.1) is 0 Å². The number of hydrogen-bond donors (Lipinski definition) is 1. The minimum atomic E-state index is -0.959. The second-order valence-corrected chi connectivity index (χ2v) is 7.00. The standard InChI is InChI=1S/C18H24BrNO3/c1-13(2)15-11-14(5-6-17(21)22)18(16(19)12-15)23-10-9-20-7-3-4-8-20/h5-6,11-13H,3-4,7-10H2,1-2H3,(H,21,22)/b6-5+. The van der Waals surface area contributed by atoms with E-state index in [0.29, 0.717) is 18.3 Å². The van der Waals surface area contributed by atoms with Gasteiger partial charge < -0.3 is 9.84 Å². The number of carbonyl (C=O) groups is 1. The summed E-state index contributed by atoms with van der Waals surface area (Å²) in [5.41, 5.74) is 1.95. The average molecular weight is 382 g/mol. The normalized spacial score (nSPS) is 15.7. The third-order valence-electron chi connectivity index (χ3n) is 4.02. The summed E-state index contributed by atoms with van der Waals surface area (Å²) in [4.78, 5) is 13.2. The Kier molecular flexibility index (Phi) is 6.66. The molecule has 1 N–H and O–H groups in total. The Balaban J connectivity index is 2.15. The van der Waals surface area contributed by atoms with Gasteiger partial charge in [0.1, 0.15) is 12.4 Å². The van der Waals surface area contributed by atoms with E-state index >= 15 is 0 Å². The first-order chi connectivity index (χ1) is 11.0. The Morgan fingerprint density at radius 1 is 1.39 bits per heavy atom. The van der Waals surface area contributed by atoms with Gasteiger partial charge in [0.2, 0.25) is 0 Å². The van der Waals surface area contributed by atoms with Crippen LogP contribution in [-0.2, 0) is 4.79 Å². The highest BCUT2D eigenvalue weighted by Crippen LogP contribution is 2.34. The van der Waals surface area contributed by atoms with E-state index in [1.54, 1.807) is 6.08 Å². The lowest BCUT2D eigenvalue weighted by atomic mass is 10.00. The predicted octanol–water partition coefficient (Wildman–Crippen LogP) is 4.14. The third kappa shape index (κ3) is 5.36. The summed E-state index contributed by atoms with van der Waals surface area (Å²) in [6.07, 6.45) is 5.28. The molecule has 1 aromatic carbocycles. The van der Waals surface area contributed by atoms with Crippen molar-refractivity contribution in [3.8, 4) is 5.75 Å². The minimum Gasteiger partial charge on any atom is -0.490 e. The molecule has 1 aliphatic rings. The van der Waals surface area contributed by atoms with E-state index in [1.165, 1.54) is 12.8 Å². The van der Waals surface area contributed by atoms with Crippen LogP contribution in [0.3, 0.4) is 0 Å². The van der Waals surface area contributed by atoms with E-state index in [9.17, 15) is 4.79 Å². The fourth-order valence-electron chi connectivity index (χ4n) is 2.69. The molecule has 2 rings (SSSR count). The van der Waals surface area contributed by atoms with Crippen LogP contribution in [0, 0.1) is 0 Å². The topological polar surface area (TPSA) is 49.8 Å². The summed E-state index contributed by atoms with van der Waals surface area (Å²) in [6, 6.07) is 4.05. The van der Waals surface area contributed by atoms with Crippen molar-refractivity contribution in [2.24, 2.45) is 0 Å². The first-order valence-corrected chi connectivity index (χ1v) is 8.86. The van der Waals surface area contributed by atoms with Crippen molar-refractivity contribution in [2.45, 2.75) is 32.6 Å².